The fraction of sp³-hybridized carbons (Fsp3) is 0.250. The molecule has 1 rings (SSSR count). The highest BCUT2D eigenvalue weighted by Crippen LogP contribution is 2.05. The summed E-state index contributed by atoms with van der Waals surface area (Å²) in [5.41, 5.74) is 2.30. The molecule has 0 bridgehead atoms. The van der Waals surface area contributed by atoms with E-state index in [0.29, 0.717) is 6.42 Å². The van der Waals surface area contributed by atoms with E-state index >= 15 is 0 Å². The second-order valence-corrected chi connectivity index (χ2v) is 3.07. The van der Waals surface area contributed by atoms with Crippen LogP contribution in [0.5, 0.6) is 0 Å². The Bertz CT molecular complexity index is 324. The highest BCUT2D eigenvalue weighted by atomic mass is 16.1. The van der Waals surface area contributed by atoms with Crippen molar-refractivity contribution in [3.8, 4) is 0 Å². The van der Waals surface area contributed by atoms with Crippen LogP contribution in [-0.2, 0) is 4.79 Å². The third-order valence-corrected chi connectivity index (χ3v) is 1.85. The van der Waals surface area contributed by atoms with E-state index in [1.165, 1.54) is 5.56 Å². The van der Waals surface area contributed by atoms with Crippen LogP contribution in [0.4, 0.5) is 0 Å². The number of benzene rings is 1. The Labute approximate surface area is 79.1 Å². The molecule has 0 aliphatic heterocycles. The van der Waals surface area contributed by atoms with E-state index in [2.05, 4.69) is 6.07 Å². The SMILES string of the molecule is CCC(=O)C=Cc1cccc(C)c1. The maximum absolute atomic E-state index is 11.0. The minimum Gasteiger partial charge on any atom is -0.295 e. The number of hydrogen-bond donors (Lipinski definition) is 0. The van der Waals surface area contributed by atoms with Gasteiger partial charge in [-0.2, -0.15) is 0 Å². The standard InChI is InChI=1S/C12H14O/c1-3-12(13)8-7-11-6-4-5-10(2)9-11/h4-9H,3H2,1-2H3. The molecule has 0 saturated carbocycles. The fourth-order valence-electron chi connectivity index (χ4n) is 1.08. The first kappa shape index (κ1) is 9.72. The molecule has 0 radical (unpaired) electrons. The van der Waals surface area contributed by atoms with Crippen LogP contribution in [-0.4, -0.2) is 5.78 Å². The van der Waals surface area contributed by atoms with E-state index in [0.717, 1.165) is 5.56 Å². The fourth-order valence-corrected chi connectivity index (χ4v) is 1.08. The lowest BCUT2D eigenvalue weighted by Gasteiger charge is -1.94. The first-order valence-electron chi connectivity index (χ1n) is 4.50. The van der Waals surface area contributed by atoms with E-state index in [-0.39, 0.29) is 5.78 Å². The summed E-state index contributed by atoms with van der Waals surface area (Å²) in [5, 5.41) is 0. The number of allylic oxidation sites excluding steroid dienone is 1. The summed E-state index contributed by atoms with van der Waals surface area (Å²) in [7, 11) is 0. The largest absolute Gasteiger partial charge is 0.295 e. The zero-order chi connectivity index (χ0) is 9.68. The maximum Gasteiger partial charge on any atom is 0.155 e. The van der Waals surface area contributed by atoms with Crippen LogP contribution in [0.3, 0.4) is 0 Å². The molecule has 0 aliphatic rings. The summed E-state index contributed by atoms with van der Waals surface area (Å²) in [6.45, 7) is 3.90. The second-order valence-electron chi connectivity index (χ2n) is 3.07. The first-order valence-corrected chi connectivity index (χ1v) is 4.50. The molecule has 0 amide bonds. The van der Waals surface area contributed by atoms with Gasteiger partial charge in [0, 0.05) is 6.42 Å². The molecule has 0 unspecified atom stereocenters. The van der Waals surface area contributed by atoms with Crippen molar-refractivity contribution in [1.82, 2.24) is 0 Å². The average Bonchev–Trinajstić information content (AvgIpc) is 2.14. The third kappa shape index (κ3) is 3.24. The molecule has 1 aromatic rings. The van der Waals surface area contributed by atoms with Gasteiger partial charge in [-0.05, 0) is 18.6 Å². The van der Waals surface area contributed by atoms with Crippen LogP contribution in [0.15, 0.2) is 30.3 Å². The number of ketones is 1. The molecule has 0 heterocycles. The Kier molecular flexibility index (Phi) is 3.44. The summed E-state index contributed by atoms with van der Waals surface area (Å²) in [4.78, 5) is 11.0. The van der Waals surface area contributed by atoms with Gasteiger partial charge >= 0.3 is 0 Å². The molecule has 0 aliphatic carbocycles. The van der Waals surface area contributed by atoms with Crippen molar-refractivity contribution in [2.45, 2.75) is 20.3 Å². The van der Waals surface area contributed by atoms with Crippen molar-refractivity contribution >= 4 is 11.9 Å². The Morgan fingerprint density at radius 1 is 1.46 bits per heavy atom. The van der Waals surface area contributed by atoms with Gasteiger partial charge in [0.1, 0.15) is 0 Å². The molecule has 1 nitrogen and oxygen atoms in total. The highest BCUT2D eigenvalue weighted by molar-refractivity contribution is 5.93. The number of aryl methyl sites for hydroxylation is 1. The van der Waals surface area contributed by atoms with Gasteiger partial charge in [0.25, 0.3) is 0 Å². The maximum atomic E-state index is 11.0. The molecule has 0 spiro atoms. The minimum atomic E-state index is 0.168. The monoisotopic (exact) mass is 174 g/mol. The van der Waals surface area contributed by atoms with Crippen molar-refractivity contribution in [3.63, 3.8) is 0 Å². The average molecular weight is 174 g/mol. The van der Waals surface area contributed by atoms with Crippen LogP contribution in [0, 0.1) is 6.92 Å². The van der Waals surface area contributed by atoms with Gasteiger partial charge in [-0.15, -0.1) is 0 Å². The lowest BCUT2D eigenvalue weighted by Crippen LogP contribution is -1.86. The normalized spacial score (nSPS) is 10.6. The first-order chi connectivity index (χ1) is 6.22. The van der Waals surface area contributed by atoms with E-state index < -0.39 is 0 Å². The Morgan fingerprint density at radius 3 is 2.85 bits per heavy atom. The molecular formula is C12H14O. The van der Waals surface area contributed by atoms with Crippen molar-refractivity contribution in [1.29, 1.82) is 0 Å². The van der Waals surface area contributed by atoms with Crippen LogP contribution in [0.2, 0.25) is 0 Å². The Hall–Kier alpha value is -1.37. The molecule has 0 saturated heterocycles. The van der Waals surface area contributed by atoms with E-state index in [9.17, 15) is 4.79 Å². The van der Waals surface area contributed by atoms with Gasteiger partial charge in [0.15, 0.2) is 5.78 Å². The molecule has 0 fully saturated rings. The Morgan fingerprint density at radius 2 is 2.23 bits per heavy atom. The summed E-state index contributed by atoms with van der Waals surface area (Å²) >= 11 is 0. The molecular weight excluding hydrogens is 160 g/mol. The molecule has 1 heteroatoms. The number of carbonyl (C=O) groups excluding carboxylic acids is 1. The number of hydrogen-bond acceptors (Lipinski definition) is 1. The van der Waals surface area contributed by atoms with Crippen molar-refractivity contribution < 1.29 is 4.79 Å². The van der Waals surface area contributed by atoms with Crippen LogP contribution < -0.4 is 0 Å². The van der Waals surface area contributed by atoms with Gasteiger partial charge in [-0.25, -0.2) is 0 Å². The van der Waals surface area contributed by atoms with Gasteiger partial charge in [0.2, 0.25) is 0 Å². The van der Waals surface area contributed by atoms with Crippen molar-refractivity contribution in [2.75, 3.05) is 0 Å². The van der Waals surface area contributed by atoms with E-state index in [1.807, 2.05) is 38.1 Å². The summed E-state index contributed by atoms with van der Waals surface area (Å²) in [5.74, 6) is 0.168. The van der Waals surface area contributed by atoms with Crippen molar-refractivity contribution in [3.05, 3.63) is 41.5 Å². The zero-order valence-corrected chi connectivity index (χ0v) is 8.08. The van der Waals surface area contributed by atoms with Gasteiger partial charge in [-0.3, -0.25) is 4.79 Å². The molecule has 1 aromatic carbocycles. The number of carbonyl (C=O) groups is 1. The van der Waals surface area contributed by atoms with Crippen molar-refractivity contribution in [2.24, 2.45) is 0 Å². The predicted molar refractivity (Wildman–Crippen MR) is 55.5 cm³/mol. The van der Waals surface area contributed by atoms with Crippen LogP contribution in [0.25, 0.3) is 6.08 Å². The van der Waals surface area contributed by atoms with E-state index in [1.54, 1.807) is 6.08 Å². The summed E-state index contributed by atoms with van der Waals surface area (Å²) < 4.78 is 0. The van der Waals surface area contributed by atoms with Gasteiger partial charge < -0.3 is 0 Å². The molecule has 0 atom stereocenters. The quantitative estimate of drug-likeness (QED) is 0.644. The molecule has 13 heavy (non-hydrogen) atoms. The molecule has 68 valence electrons. The van der Waals surface area contributed by atoms with Gasteiger partial charge in [0.05, 0.1) is 0 Å². The Balaban J connectivity index is 2.74. The number of rotatable bonds is 3. The molecule has 0 aromatic heterocycles. The topological polar surface area (TPSA) is 17.1 Å². The zero-order valence-electron chi connectivity index (χ0n) is 8.08. The third-order valence-electron chi connectivity index (χ3n) is 1.85. The van der Waals surface area contributed by atoms with Crippen LogP contribution in [0.1, 0.15) is 24.5 Å². The van der Waals surface area contributed by atoms with E-state index in [4.69, 9.17) is 0 Å². The minimum absolute atomic E-state index is 0.168. The summed E-state index contributed by atoms with van der Waals surface area (Å²) in [6.07, 6.45) is 4.07. The lowest BCUT2D eigenvalue weighted by molar-refractivity contribution is -0.114. The predicted octanol–water partition coefficient (Wildman–Crippen LogP) is 2.99. The lowest BCUT2D eigenvalue weighted by atomic mass is 10.1. The highest BCUT2D eigenvalue weighted by Gasteiger charge is 1.90. The van der Waals surface area contributed by atoms with Gasteiger partial charge in [-0.1, -0.05) is 42.8 Å². The van der Waals surface area contributed by atoms with Crippen LogP contribution >= 0.6 is 0 Å². The molecule has 0 N–H and O–H groups in total. The summed E-state index contributed by atoms with van der Waals surface area (Å²) in [6, 6.07) is 8.08. The second kappa shape index (κ2) is 4.61. The smallest absolute Gasteiger partial charge is 0.155 e.